The normalized spacial score (nSPS) is 17.0. The highest BCUT2D eigenvalue weighted by Crippen LogP contribution is 2.24. The topological polar surface area (TPSA) is 89.9 Å². The highest BCUT2D eigenvalue weighted by atomic mass is 19.1. The van der Waals surface area contributed by atoms with Gasteiger partial charge in [0.2, 0.25) is 0 Å². The van der Waals surface area contributed by atoms with Gasteiger partial charge in [-0.2, -0.15) is 4.98 Å². The molecule has 1 aromatic carbocycles. The third-order valence-electron chi connectivity index (χ3n) is 4.41. The number of hydrogen-bond acceptors (Lipinski definition) is 6. The second-order valence-corrected chi connectivity index (χ2v) is 6.16. The molecule has 0 spiro atoms. The third-order valence-corrected chi connectivity index (χ3v) is 4.41. The van der Waals surface area contributed by atoms with Crippen molar-refractivity contribution in [2.24, 2.45) is 0 Å². The third kappa shape index (κ3) is 3.07. The average molecular weight is 356 g/mol. The quantitative estimate of drug-likeness (QED) is 0.711. The zero-order valence-corrected chi connectivity index (χ0v) is 14.2. The summed E-state index contributed by atoms with van der Waals surface area (Å²) >= 11 is 0. The molecule has 134 valence electrons. The molecule has 1 aliphatic heterocycles. The molecule has 1 fully saturated rings. The first-order valence-electron chi connectivity index (χ1n) is 8.43. The van der Waals surface area contributed by atoms with E-state index in [1.165, 1.54) is 18.2 Å². The highest BCUT2D eigenvalue weighted by molar-refractivity contribution is 5.94. The largest absolute Gasteiger partial charge is 0.336 e. The van der Waals surface area contributed by atoms with Crippen molar-refractivity contribution in [3.8, 4) is 11.6 Å². The zero-order valence-electron chi connectivity index (χ0n) is 14.2. The van der Waals surface area contributed by atoms with E-state index in [4.69, 9.17) is 4.52 Å². The molecule has 4 rings (SSSR count). The van der Waals surface area contributed by atoms with Crippen LogP contribution >= 0.6 is 0 Å². The number of aromatic nitrogens is 5. The number of hydrogen-bond donors (Lipinski definition) is 0. The molecule has 26 heavy (non-hydrogen) atoms. The number of halogens is 1. The number of nitrogens with zero attached hydrogens (tertiary/aromatic N) is 6. The molecule has 0 saturated carbocycles. The molecule has 3 aromatic rings. The number of aryl methyl sites for hydroxylation is 1. The summed E-state index contributed by atoms with van der Waals surface area (Å²) < 4.78 is 20.2. The Hall–Kier alpha value is -3.10. The summed E-state index contributed by atoms with van der Waals surface area (Å²) in [7, 11) is 0. The zero-order chi connectivity index (χ0) is 18.1. The molecule has 9 heteroatoms. The van der Waals surface area contributed by atoms with E-state index < -0.39 is 5.82 Å². The first kappa shape index (κ1) is 16.4. The predicted molar refractivity (Wildman–Crippen MR) is 88.6 cm³/mol. The minimum absolute atomic E-state index is 0.00215. The van der Waals surface area contributed by atoms with E-state index in [0.29, 0.717) is 42.5 Å². The van der Waals surface area contributed by atoms with Crippen LogP contribution in [0.5, 0.6) is 0 Å². The van der Waals surface area contributed by atoms with Crippen LogP contribution in [0, 0.1) is 5.82 Å². The fourth-order valence-electron chi connectivity index (χ4n) is 3.00. The molecular formula is C17H17FN6O2. The molecule has 0 aliphatic carbocycles. The highest BCUT2D eigenvalue weighted by Gasteiger charge is 2.29. The minimum atomic E-state index is -0.418. The molecule has 1 aliphatic rings. The molecule has 1 saturated heterocycles. The molecule has 0 N–H and O–H groups in total. The smallest absolute Gasteiger partial charge is 0.280 e. The van der Waals surface area contributed by atoms with Crippen molar-refractivity contribution >= 4 is 5.91 Å². The van der Waals surface area contributed by atoms with Crippen LogP contribution in [0.1, 0.15) is 35.6 Å². The molecule has 1 amide bonds. The van der Waals surface area contributed by atoms with Crippen molar-refractivity contribution in [2.45, 2.75) is 25.8 Å². The number of amides is 1. The van der Waals surface area contributed by atoms with Crippen LogP contribution in [0.3, 0.4) is 0 Å². The van der Waals surface area contributed by atoms with Crippen molar-refractivity contribution in [3.63, 3.8) is 0 Å². The number of likely N-dealkylation sites (tertiary alicyclic amines) is 1. The summed E-state index contributed by atoms with van der Waals surface area (Å²) in [5.74, 6) is 0.344. The number of carbonyl (C=O) groups excluding carboxylic acids is 1. The fraction of sp³-hybridized carbons (Fsp3) is 0.353. The summed E-state index contributed by atoms with van der Waals surface area (Å²) in [6.45, 7) is 3.01. The molecule has 1 atom stereocenters. The number of benzene rings is 1. The van der Waals surface area contributed by atoms with Crippen LogP contribution < -0.4 is 0 Å². The van der Waals surface area contributed by atoms with Gasteiger partial charge in [-0.3, -0.25) is 4.79 Å². The second-order valence-electron chi connectivity index (χ2n) is 6.16. The first-order valence-corrected chi connectivity index (χ1v) is 8.43. The molecule has 1 unspecified atom stereocenters. The maximum Gasteiger partial charge on any atom is 0.280 e. The van der Waals surface area contributed by atoms with Crippen LogP contribution in [-0.4, -0.2) is 49.0 Å². The van der Waals surface area contributed by atoms with E-state index in [1.54, 1.807) is 21.8 Å². The van der Waals surface area contributed by atoms with Crippen molar-refractivity contribution in [3.05, 3.63) is 47.7 Å². The summed E-state index contributed by atoms with van der Waals surface area (Å²) in [5.41, 5.74) is 0.856. The number of carbonyl (C=O) groups is 1. The Balaban J connectivity index is 1.46. The fourth-order valence-corrected chi connectivity index (χ4v) is 3.00. The van der Waals surface area contributed by atoms with Crippen LogP contribution in [0.4, 0.5) is 4.39 Å². The maximum atomic E-state index is 13.3. The lowest BCUT2D eigenvalue weighted by atomic mass is 10.2. The predicted octanol–water partition coefficient (Wildman–Crippen LogP) is 2.12. The van der Waals surface area contributed by atoms with E-state index in [-0.39, 0.29) is 11.9 Å². The SMILES string of the molecule is CCc1noc(-c2cn(C3CCN(C(=O)c4cccc(F)c4)C3)nn2)n1. The number of rotatable bonds is 4. The van der Waals surface area contributed by atoms with Gasteiger partial charge < -0.3 is 9.42 Å². The molecule has 0 bridgehead atoms. The van der Waals surface area contributed by atoms with Crippen molar-refractivity contribution in [1.29, 1.82) is 0 Å². The lowest BCUT2D eigenvalue weighted by Gasteiger charge is -2.16. The molecule has 8 nitrogen and oxygen atoms in total. The lowest BCUT2D eigenvalue weighted by molar-refractivity contribution is 0.0786. The van der Waals surface area contributed by atoms with E-state index in [1.807, 2.05) is 6.92 Å². The summed E-state index contributed by atoms with van der Waals surface area (Å²) in [6.07, 6.45) is 3.17. The van der Waals surface area contributed by atoms with Gasteiger partial charge in [0.25, 0.3) is 11.8 Å². The Morgan fingerprint density at radius 1 is 1.42 bits per heavy atom. The monoisotopic (exact) mass is 356 g/mol. The van der Waals surface area contributed by atoms with Gasteiger partial charge in [0, 0.05) is 25.1 Å². The summed E-state index contributed by atoms with van der Waals surface area (Å²) in [4.78, 5) is 18.5. The van der Waals surface area contributed by atoms with Gasteiger partial charge in [0.05, 0.1) is 12.2 Å². The molecule has 0 radical (unpaired) electrons. The minimum Gasteiger partial charge on any atom is -0.336 e. The van der Waals surface area contributed by atoms with E-state index in [0.717, 1.165) is 6.42 Å². The average Bonchev–Trinajstić information content (AvgIpc) is 3.39. The Labute approximate surface area is 148 Å². The summed E-state index contributed by atoms with van der Waals surface area (Å²) in [5, 5.41) is 12.1. The molecular weight excluding hydrogens is 339 g/mol. The Kier molecular flexibility index (Phi) is 4.19. The van der Waals surface area contributed by atoms with Crippen LogP contribution in [0.2, 0.25) is 0 Å². The van der Waals surface area contributed by atoms with E-state index in [9.17, 15) is 9.18 Å². The van der Waals surface area contributed by atoms with Gasteiger partial charge in [-0.25, -0.2) is 9.07 Å². The van der Waals surface area contributed by atoms with E-state index in [2.05, 4.69) is 20.5 Å². The second kappa shape index (κ2) is 6.66. The standard InChI is InChI=1S/C17H17FN6O2/c1-2-15-19-16(26-21-15)14-10-24(22-20-14)13-6-7-23(9-13)17(25)11-4-3-5-12(18)8-11/h3-5,8,10,13H,2,6-7,9H2,1H3. The lowest BCUT2D eigenvalue weighted by Crippen LogP contribution is -2.29. The van der Waals surface area contributed by atoms with E-state index >= 15 is 0 Å². The van der Waals surface area contributed by atoms with Crippen LogP contribution in [0.25, 0.3) is 11.6 Å². The van der Waals surface area contributed by atoms with Crippen LogP contribution in [0.15, 0.2) is 35.0 Å². The van der Waals surface area contributed by atoms with Gasteiger partial charge in [-0.1, -0.05) is 23.4 Å². The Bertz CT molecular complexity index is 937. The van der Waals surface area contributed by atoms with Gasteiger partial charge in [-0.05, 0) is 24.6 Å². The van der Waals surface area contributed by atoms with Crippen molar-refractivity contribution in [2.75, 3.05) is 13.1 Å². The maximum absolute atomic E-state index is 13.3. The van der Waals surface area contributed by atoms with Crippen LogP contribution in [-0.2, 0) is 6.42 Å². The van der Waals surface area contributed by atoms with Crippen molar-refractivity contribution < 1.29 is 13.7 Å². The Morgan fingerprint density at radius 2 is 2.31 bits per heavy atom. The summed E-state index contributed by atoms with van der Waals surface area (Å²) in [6, 6.07) is 5.73. The van der Waals surface area contributed by atoms with Crippen molar-refractivity contribution in [1.82, 2.24) is 30.0 Å². The van der Waals surface area contributed by atoms with Gasteiger partial charge in [0.1, 0.15) is 5.82 Å². The van der Waals surface area contributed by atoms with Gasteiger partial charge in [0.15, 0.2) is 11.5 Å². The van der Waals surface area contributed by atoms with Gasteiger partial charge >= 0.3 is 0 Å². The molecule has 3 heterocycles. The first-order chi connectivity index (χ1) is 12.6. The molecule has 2 aromatic heterocycles. The van der Waals surface area contributed by atoms with Gasteiger partial charge in [-0.15, -0.1) is 5.10 Å². The Morgan fingerprint density at radius 3 is 3.08 bits per heavy atom.